The van der Waals surface area contributed by atoms with Crippen LogP contribution in [0.4, 0.5) is 0 Å². The molecule has 0 aliphatic rings. The van der Waals surface area contributed by atoms with Crippen LogP contribution >= 0.6 is 0 Å². The third-order valence-electron chi connectivity index (χ3n) is 10.7. The average Bonchev–Trinajstić information content (AvgIpc) is 4.05. The van der Waals surface area contributed by atoms with Gasteiger partial charge in [-0.2, -0.15) is 0 Å². The molecule has 7 heteroatoms. The molecule has 0 atom stereocenters. The topological polar surface area (TPSA) is 83.0 Å². The highest BCUT2D eigenvalue weighted by molar-refractivity contribution is 6.11. The van der Waals surface area contributed by atoms with Gasteiger partial charge in [0, 0.05) is 33.2 Å². The second-order valence-corrected chi connectivity index (χ2v) is 14.1. The van der Waals surface area contributed by atoms with Crippen molar-refractivity contribution in [2.24, 2.45) is 0 Å². The van der Waals surface area contributed by atoms with Crippen molar-refractivity contribution in [3.05, 3.63) is 170 Å². The molecule has 56 heavy (non-hydrogen) atoms. The maximum atomic E-state index is 6.50. The quantitative estimate of drug-likeness (QED) is 0.176. The lowest BCUT2D eigenvalue weighted by Gasteiger charge is -2.09. The predicted octanol–water partition coefficient (Wildman–Crippen LogP) is 13.0. The molecule has 0 amide bonds. The van der Waals surface area contributed by atoms with E-state index in [1.165, 1.54) is 10.8 Å². The molecule has 12 aromatic rings. The highest BCUT2D eigenvalue weighted by Gasteiger charge is 2.19. The molecule has 7 nitrogen and oxygen atoms in total. The van der Waals surface area contributed by atoms with Crippen LogP contribution in [0.2, 0.25) is 0 Å². The Morgan fingerprint density at radius 2 is 0.821 bits per heavy atom. The monoisotopic (exact) mass is 720 g/mol. The van der Waals surface area contributed by atoms with Gasteiger partial charge in [0.1, 0.15) is 16.6 Å². The van der Waals surface area contributed by atoms with Gasteiger partial charge < -0.3 is 17.8 Å². The van der Waals surface area contributed by atoms with Crippen molar-refractivity contribution in [3.8, 4) is 51.2 Å². The van der Waals surface area contributed by atoms with Crippen molar-refractivity contribution in [1.82, 2.24) is 19.5 Å². The van der Waals surface area contributed by atoms with Crippen molar-refractivity contribution < 1.29 is 13.3 Å². The first-order chi connectivity index (χ1) is 27.7. The highest BCUT2D eigenvalue weighted by Crippen LogP contribution is 2.39. The fourth-order valence-corrected chi connectivity index (χ4v) is 7.91. The minimum atomic E-state index is 0.566. The van der Waals surface area contributed by atoms with Gasteiger partial charge in [-0.25, -0.2) is 15.0 Å². The summed E-state index contributed by atoms with van der Waals surface area (Å²) >= 11 is 0. The Balaban J connectivity index is 0.988. The number of hydrogen-bond donors (Lipinski definition) is 0. The summed E-state index contributed by atoms with van der Waals surface area (Å²) in [6.45, 7) is 0. The van der Waals surface area contributed by atoms with E-state index >= 15 is 0 Å². The second kappa shape index (κ2) is 11.9. The number of fused-ring (bicyclic) bond motifs is 7. The van der Waals surface area contributed by atoms with E-state index in [9.17, 15) is 0 Å². The summed E-state index contributed by atoms with van der Waals surface area (Å²) in [6.07, 6.45) is 0. The van der Waals surface area contributed by atoms with Crippen molar-refractivity contribution in [3.63, 3.8) is 0 Å². The van der Waals surface area contributed by atoms with Gasteiger partial charge in [-0.3, -0.25) is 0 Å². The van der Waals surface area contributed by atoms with Gasteiger partial charge in [-0.05, 0) is 125 Å². The highest BCUT2D eigenvalue weighted by atomic mass is 16.4. The summed E-state index contributed by atoms with van der Waals surface area (Å²) in [7, 11) is 0. The summed E-state index contributed by atoms with van der Waals surface area (Å²) in [6, 6.07) is 57.9. The van der Waals surface area contributed by atoms with Crippen LogP contribution in [-0.4, -0.2) is 19.5 Å². The van der Waals surface area contributed by atoms with Crippen LogP contribution in [0.15, 0.2) is 183 Å². The zero-order valence-corrected chi connectivity index (χ0v) is 29.7. The molecule has 12 rings (SSSR count). The zero-order valence-electron chi connectivity index (χ0n) is 29.7. The molecule has 4 heterocycles. The molecule has 0 N–H and O–H groups in total. The van der Waals surface area contributed by atoms with Crippen molar-refractivity contribution in [2.75, 3.05) is 0 Å². The van der Waals surface area contributed by atoms with Crippen LogP contribution in [0.3, 0.4) is 0 Å². The summed E-state index contributed by atoms with van der Waals surface area (Å²) in [5.41, 5.74) is 12.7. The first kappa shape index (κ1) is 30.7. The SMILES string of the molecule is c1ccc2cc(-c3ccc4nc(-c5ccc6c(c5)c5cc(-c7nc8ccccc8o7)ccc5n6-c5ccc(-c6nc7ccccc7o6)cc5)oc4c3)ccc2c1. The molecule has 0 radical (unpaired) electrons. The van der Waals surface area contributed by atoms with Crippen molar-refractivity contribution >= 4 is 65.9 Å². The Kier molecular flexibility index (Phi) is 6.50. The van der Waals surface area contributed by atoms with E-state index in [4.69, 9.17) is 28.2 Å². The fraction of sp³-hybridized carbons (Fsp3) is 0. The van der Waals surface area contributed by atoms with Gasteiger partial charge >= 0.3 is 0 Å². The Morgan fingerprint density at radius 1 is 0.339 bits per heavy atom. The number of hydrogen-bond acceptors (Lipinski definition) is 6. The maximum absolute atomic E-state index is 6.50. The van der Waals surface area contributed by atoms with Crippen LogP contribution in [0.25, 0.3) is 117 Å². The number of oxazole rings is 3. The smallest absolute Gasteiger partial charge is 0.227 e. The number of para-hydroxylation sites is 4. The summed E-state index contributed by atoms with van der Waals surface area (Å²) < 4.78 is 21.1. The standard InChI is InChI=1S/C49H28N4O3/c1-2-8-31-25-32(14-13-29(31)7-1)33-17-22-41-46(28-33)56-49(52-41)35-19-24-43-38(27-35)37-26-34(48-51-40-10-4-6-12-45(40)55-48)18-23-42(37)53(43)36-20-15-30(16-21-36)47-50-39-9-3-5-11-44(39)54-47/h1-28H. The Labute approximate surface area is 318 Å². The van der Waals surface area contributed by atoms with E-state index in [0.29, 0.717) is 17.7 Å². The van der Waals surface area contributed by atoms with E-state index in [1.54, 1.807) is 0 Å². The van der Waals surface area contributed by atoms with Gasteiger partial charge in [0.15, 0.2) is 16.7 Å². The minimum absolute atomic E-state index is 0.566. The number of nitrogens with zero attached hydrogens (tertiary/aromatic N) is 4. The summed E-state index contributed by atoms with van der Waals surface area (Å²) in [4.78, 5) is 14.5. The lowest BCUT2D eigenvalue weighted by atomic mass is 10.0. The molecule has 0 unspecified atom stereocenters. The van der Waals surface area contributed by atoms with Crippen LogP contribution < -0.4 is 0 Å². The molecular weight excluding hydrogens is 693 g/mol. The van der Waals surface area contributed by atoms with Crippen LogP contribution in [0, 0.1) is 0 Å². The molecule has 0 spiro atoms. The van der Waals surface area contributed by atoms with Crippen LogP contribution in [-0.2, 0) is 0 Å². The second-order valence-electron chi connectivity index (χ2n) is 14.1. The zero-order chi connectivity index (χ0) is 36.7. The molecule has 0 saturated heterocycles. The fourth-order valence-electron chi connectivity index (χ4n) is 7.91. The minimum Gasteiger partial charge on any atom is -0.436 e. The van der Waals surface area contributed by atoms with Crippen LogP contribution in [0.1, 0.15) is 0 Å². The van der Waals surface area contributed by atoms with Gasteiger partial charge in [0.2, 0.25) is 17.7 Å². The lowest BCUT2D eigenvalue weighted by molar-refractivity contribution is 0.619. The molecule has 4 aromatic heterocycles. The van der Waals surface area contributed by atoms with Gasteiger partial charge in [0.05, 0.1) is 11.0 Å². The van der Waals surface area contributed by atoms with Gasteiger partial charge in [0.25, 0.3) is 0 Å². The van der Waals surface area contributed by atoms with Crippen molar-refractivity contribution in [2.45, 2.75) is 0 Å². The number of aromatic nitrogens is 4. The predicted molar refractivity (Wildman–Crippen MR) is 223 cm³/mol. The number of benzene rings is 8. The average molecular weight is 721 g/mol. The molecule has 262 valence electrons. The molecule has 0 fully saturated rings. The summed E-state index contributed by atoms with van der Waals surface area (Å²) in [5.74, 6) is 1.74. The van der Waals surface area contributed by atoms with Crippen molar-refractivity contribution in [1.29, 1.82) is 0 Å². The molecule has 8 aromatic carbocycles. The Morgan fingerprint density at radius 3 is 1.46 bits per heavy atom. The van der Waals surface area contributed by atoms with E-state index in [0.717, 1.165) is 88.6 Å². The molecular formula is C49H28N4O3. The number of rotatable bonds is 5. The van der Waals surface area contributed by atoms with E-state index in [-0.39, 0.29) is 0 Å². The molecule has 0 saturated carbocycles. The third-order valence-corrected chi connectivity index (χ3v) is 10.7. The van der Waals surface area contributed by atoms with E-state index < -0.39 is 0 Å². The van der Waals surface area contributed by atoms with E-state index in [1.807, 2.05) is 54.6 Å². The first-order valence-corrected chi connectivity index (χ1v) is 18.5. The largest absolute Gasteiger partial charge is 0.436 e. The normalized spacial score (nSPS) is 11.9. The molecule has 0 aliphatic heterocycles. The molecule has 0 bridgehead atoms. The third kappa shape index (κ3) is 4.88. The maximum Gasteiger partial charge on any atom is 0.227 e. The lowest BCUT2D eigenvalue weighted by Crippen LogP contribution is -1.94. The van der Waals surface area contributed by atoms with Gasteiger partial charge in [-0.1, -0.05) is 66.7 Å². The van der Waals surface area contributed by atoms with Crippen LogP contribution in [0.5, 0.6) is 0 Å². The molecule has 0 aliphatic carbocycles. The Bertz CT molecular complexity index is 3430. The van der Waals surface area contributed by atoms with E-state index in [2.05, 4.69) is 120 Å². The summed E-state index contributed by atoms with van der Waals surface area (Å²) in [5, 5.41) is 4.53. The Hall–Kier alpha value is -7.77. The first-order valence-electron chi connectivity index (χ1n) is 18.5. The van der Waals surface area contributed by atoms with Gasteiger partial charge in [-0.15, -0.1) is 0 Å².